The Morgan fingerprint density at radius 2 is 2.10 bits per heavy atom. The Labute approximate surface area is 130 Å². The van der Waals surface area contributed by atoms with Crippen molar-refractivity contribution in [1.82, 2.24) is 4.98 Å². The lowest BCUT2D eigenvalue weighted by Crippen LogP contribution is -2.15. The second kappa shape index (κ2) is 5.54. The van der Waals surface area contributed by atoms with Crippen LogP contribution in [0.2, 0.25) is 5.02 Å². The number of nitrogens with one attached hydrogen (secondary N) is 1. The maximum atomic E-state index is 12.1. The summed E-state index contributed by atoms with van der Waals surface area (Å²) in [6.07, 6.45) is 2.50. The van der Waals surface area contributed by atoms with Gasteiger partial charge in [-0.25, -0.2) is 4.98 Å². The van der Waals surface area contributed by atoms with Crippen LogP contribution in [0.3, 0.4) is 0 Å². The molecule has 2 aromatic rings. The van der Waals surface area contributed by atoms with Gasteiger partial charge in [-0.15, -0.1) is 0 Å². The highest BCUT2D eigenvalue weighted by atomic mass is 79.9. The van der Waals surface area contributed by atoms with E-state index in [0.29, 0.717) is 5.82 Å². The fourth-order valence-electron chi connectivity index (χ4n) is 2.27. The van der Waals surface area contributed by atoms with Crippen LogP contribution in [0.5, 0.6) is 0 Å². The first-order chi connectivity index (χ1) is 9.65. The number of rotatable bonds is 3. The summed E-state index contributed by atoms with van der Waals surface area (Å²) in [6.45, 7) is 0. The molecule has 1 aliphatic carbocycles. The van der Waals surface area contributed by atoms with Gasteiger partial charge in [0.05, 0.1) is 0 Å². The van der Waals surface area contributed by atoms with Crippen LogP contribution in [0, 0.1) is 5.92 Å². The second-order valence-corrected chi connectivity index (χ2v) is 6.14. The Balaban J connectivity index is 1.66. The number of halogens is 2. The average molecular weight is 352 g/mol. The fourth-order valence-corrected chi connectivity index (χ4v) is 2.78. The van der Waals surface area contributed by atoms with Gasteiger partial charge in [0.25, 0.3) is 0 Å². The molecule has 0 bridgehead atoms. The van der Waals surface area contributed by atoms with E-state index in [1.165, 1.54) is 0 Å². The highest BCUT2D eigenvalue weighted by molar-refractivity contribution is 9.10. The van der Waals surface area contributed by atoms with Gasteiger partial charge < -0.3 is 5.32 Å². The van der Waals surface area contributed by atoms with E-state index in [1.807, 2.05) is 30.3 Å². The number of hydrogen-bond acceptors (Lipinski definition) is 2. The van der Waals surface area contributed by atoms with Crippen molar-refractivity contribution in [3.05, 3.63) is 57.7 Å². The van der Waals surface area contributed by atoms with E-state index in [4.69, 9.17) is 11.6 Å². The topological polar surface area (TPSA) is 42.0 Å². The number of hydrogen-bond donors (Lipinski definition) is 1. The van der Waals surface area contributed by atoms with Crippen molar-refractivity contribution in [2.45, 2.75) is 12.3 Å². The van der Waals surface area contributed by atoms with Crippen molar-refractivity contribution in [3.8, 4) is 0 Å². The molecule has 5 heteroatoms. The lowest BCUT2D eigenvalue weighted by atomic mass is 10.1. The van der Waals surface area contributed by atoms with Crippen molar-refractivity contribution >= 4 is 39.3 Å². The third-order valence-corrected chi connectivity index (χ3v) is 4.22. The lowest BCUT2D eigenvalue weighted by molar-refractivity contribution is -0.117. The van der Waals surface area contributed by atoms with Crippen molar-refractivity contribution in [2.24, 2.45) is 5.92 Å². The minimum absolute atomic E-state index is 0.00439. The molecule has 1 aromatic heterocycles. The van der Waals surface area contributed by atoms with Crippen molar-refractivity contribution in [2.75, 3.05) is 5.32 Å². The average Bonchev–Trinajstić information content (AvgIpc) is 3.22. The summed E-state index contributed by atoms with van der Waals surface area (Å²) >= 11 is 9.47. The summed E-state index contributed by atoms with van der Waals surface area (Å²) in [5.41, 5.74) is 1.05. The summed E-state index contributed by atoms with van der Waals surface area (Å²) < 4.78 is 0.885. The zero-order valence-corrected chi connectivity index (χ0v) is 12.9. The third kappa shape index (κ3) is 2.86. The number of carbonyl (C=O) groups excluding carboxylic acids is 1. The Bertz CT molecular complexity index is 645. The number of aromatic nitrogens is 1. The largest absolute Gasteiger partial charge is 0.310 e. The number of pyridine rings is 1. The Kier molecular flexibility index (Phi) is 3.76. The quantitative estimate of drug-likeness (QED) is 0.898. The van der Waals surface area contributed by atoms with Gasteiger partial charge in [0, 0.05) is 21.6 Å². The first-order valence-electron chi connectivity index (χ1n) is 6.32. The van der Waals surface area contributed by atoms with E-state index in [9.17, 15) is 4.79 Å². The van der Waals surface area contributed by atoms with Crippen molar-refractivity contribution in [3.63, 3.8) is 0 Å². The molecule has 1 aromatic carbocycles. The molecule has 2 unspecified atom stereocenters. The summed E-state index contributed by atoms with van der Waals surface area (Å²) in [4.78, 5) is 16.3. The normalized spacial score (nSPS) is 20.5. The molecule has 1 fully saturated rings. The van der Waals surface area contributed by atoms with Crippen LogP contribution in [0.4, 0.5) is 5.82 Å². The van der Waals surface area contributed by atoms with Crippen LogP contribution in [0.1, 0.15) is 17.9 Å². The number of benzene rings is 1. The maximum absolute atomic E-state index is 12.1. The highest BCUT2D eigenvalue weighted by Gasteiger charge is 2.44. The second-order valence-electron chi connectivity index (χ2n) is 4.82. The monoisotopic (exact) mass is 350 g/mol. The molecule has 3 nitrogen and oxygen atoms in total. The third-order valence-electron chi connectivity index (χ3n) is 3.41. The molecule has 1 amide bonds. The molecule has 0 aliphatic heterocycles. The molecule has 0 spiro atoms. The van der Waals surface area contributed by atoms with E-state index in [1.54, 1.807) is 12.3 Å². The molecular weight excluding hydrogens is 340 g/mol. The number of carbonyl (C=O) groups is 1. The van der Waals surface area contributed by atoms with Gasteiger partial charge in [0.15, 0.2) is 0 Å². The molecule has 1 heterocycles. The van der Waals surface area contributed by atoms with Crippen molar-refractivity contribution < 1.29 is 4.79 Å². The van der Waals surface area contributed by atoms with E-state index in [0.717, 1.165) is 21.5 Å². The minimum Gasteiger partial charge on any atom is -0.310 e. The zero-order chi connectivity index (χ0) is 14.1. The predicted molar refractivity (Wildman–Crippen MR) is 82.9 cm³/mol. The highest BCUT2D eigenvalue weighted by Crippen LogP contribution is 2.49. The van der Waals surface area contributed by atoms with E-state index >= 15 is 0 Å². The lowest BCUT2D eigenvalue weighted by Gasteiger charge is -2.05. The smallest absolute Gasteiger partial charge is 0.229 e. The summed E-state index contributed by atoms with van der Waals surface area (Å²) in [6, 6.07) is 11.3. The van der Waals surface area contributed by atoms with Crippen LogP contribution in [0.25, 0.3) is 0 Å². The van der Waals surface area contributed by atoms with Gasteiger partial charge >= 0.3 is 0 Å². The molecule has 0 saturated heterocycles. The first kappa shape index (κ1) is 13.6. The zero-order valence-electron chi connectivity index (χ0n) is 10.5. The van der Waals surface area contributed by atoms with E-state index in [2.05, 4.69) is 26.2 Å². The molecule has 1 saturated carbocycles. The SMILES string of the molecule is O=C(Nc1ccc(Br)cn1)C1CC1c1ccccc1Cl. The Hall–Kier alpha value is -1.39. The Morgan fingerprint density at radius 3 is 2.80 bits per heavy atom. The molecule has 20 heavy (non-hydrogen) atoms. The van der Waals surface area contributed by atoms with Crippen LogP contribution in [0.15, 0.2) is 47.1 Å². The summed E-state index contributed by atoms with van der Waals surface area (Å²) in [5.74, 6) is 0.784. The standard InChI is InChI=1S/C15H12BrClN2O/c16-9-5-6-14(18-8-9)19-15(20)12-7-11(12)10-3-1-2-4-13(10)17/h1-6,8,11-12H,7H2,(H,18,19,20). The Morgan fingerprint density at radius 1 is 1.30 bits per heavy atom. The van der Waals surface area contributed by atoms with Crippen LogP contribution in [-0.2, 0) is 4.79 Å². The van der Waals surface area contributed by atoms with Gasteiger partial charge in [-0.1, -0.05) is 29.8 Å². The summed E-state index contributed by atoms with van der Waals surface area (Å²) in [7, 11) is 0. The number of amides is 1. The molecule has 1 aliphatic rings. The molecule has 102 valence electrons. The van der Waals surface area contributed by atoms with Gasteiger partial charge in [0.2, 0.25) is 5.91 Å². The fraction of sp³-hybridized carbons (Fsp3) is 0.200. The van der Waals surface area contributed by atoms with Gasteiger partial charge in [0.1, 0.15) is 5.82 Å². The van der Waals surface area contributed by atoms with Crippen LogP contribution < -0.4 is 5.32 Å². The van der Waals surface area contributed by atoms with Gasteiger partial charge in [-0.2, -0.15) is 0 Å². The minimum atomic E-state index is -0.0136. The molecular formula is C15H12BrClN2O. The molecule has 2 atom stereocenters. The first-order valence-corrected chi connectivity index (χ1v) is 7.49. The maximum Gasteiger partial charge on any atom is 0.229 e. The number of nitrogens with zero attached hydrogens (tertiary/aromatic N) is 1. The molecule has 3 rings (SSSR count). The van der Waals surface area contributed by atoms with Crippen molar-refractivity contribution in [1.29, 1.82) is 0 Å². The number of anilines is 1. The van der Waals surface area contributed by atoms with Crippen LogP contribution >= 0.6 is 27.5 Å². The predicted octanol–water partition coefficient (Wildman–Crippen LogP) is 4.24. The van der Waals surface area contributed by atoms with E-state index < -0.39 is 0 Å². The van der Waals surface area contributed by atoms with Crippen LogP contribution in [-0.4, -0.2) is 10.9 Å². The summed E-state index contributed by atoms with van der Waals surface area (Å²) in [5, 5.41) is 3.57. The van der Waals surface area contributed by atoms with E-state index in [-0.39, 0.29) is 17.7 Å². The molecule has 1 N–H and O–H groups in total. The molecule has 0 radical (unpaired) electrons. The van der Waals surface area contributed by atoms with Gasteiger partial charge in [-0.3, -0.25) is 4.79 Å². The van der Waals surface area contributed by atoms with Gasteiger partial charge in [-0.05, 0) is 52.0 Å².